The number of amides is 1. The Bertz CT molecular complexity index is 744. The fraction of sp³-hybridized carbons (Fsp3) is 0.316. The first-order valence-electron chi connectivity index (χ1n) is 8.24. The number of carbonyl (C=O) groups is 1. The normalized spacial score (nSPS) is 21.9. The van der Waals surface area contributed by atoms with Crippen molar-refractivity contribution in [3.05, 3.63) is 64.7 Å². The maximum atomic E-state index is 13.1. The Morgan fingerprint density at radius 3 is 2.72 bits per heavy atom. The van der Waals surface area contributed by atoms with Gasteiger partial charge < -0.3 is 15.0 Å². The number of rotatable bonds is 2. The van der Waals surface area contributed by atoms with E-state index in [4.69, 9.17) is 16.3 Å². The Balaban J connectivity index is 0.00000182. The molecule has 25 heavy (non-hydrogen) atoms. The number of hydrogen-bond donors (Lipinski definition) is 1. The van der Waals surface area contributed by atoms with Crippen LogP contribution in [0.2, 0.25) is 5.02 Å². The number of carbonyl (C=O) groups excluding carboxylic acids is 1. The fourth-order valence-electron chi connectivity index (χ4n) is 3.50. The van der Waals surface area contributed by atoms with Crippen LogP contribution in [0.15, 0.2) is 48.5 Å². The quantitative estimate of drug-likeness (QED) is 0.871. The summed E-state index contributed by atoms with van der Waals surface area (Å²) in [6.07, 6.45) is 0.194. The topological polar surface area (TPSA) is 41.6 Å². The zero-order chi connectivity index (χ0) is 16.5. The van der Waals surface area contributed by atoms with Gasteiger partial charge in [-0.2, -0.15) is 0 Å². The highest BCUT2D eigenvalue weighted by molar-refractivity contribution is 6.31. The fourth-order valence-corrected chi connectivity index (χ4v) is 3.76. The van der Waals surface area contributed by atoms with Gasteiger partial charge >= 0.3 is 0 Å². The highest BCUT2D eigenvalue weighted by Crippen LogP contribution is 2.33. The van der Waals surface area contributed by atoms with E-state index >= 15 is 0 Å². The van der Waals surface area contributed by atoms with Gasteiger partial charge in [-0.15, -0.1) is 12.4 Å². The molecule has 1 saturated heterocycles. The minimum absolute atomic E-state index is 0. The number of piperazine rings is 1. The summed E-state index contributed by atoms with van der Waals surface area (Å²) in [5.74, 6) is 0.859. The number of halogens is 2. The van der Waals surface area contributed by atoms with Gasteiger partial charge in [-0.1, -0.05) is 48.0 Å². The van der Waals surface area contributed by atoms with E-state index in [0.717, 1.165) is 23.4 Å². The lowest BCUT2D eigenvalue weighted by Gasteiger charge is -2.38. The van der Waals surface area contributed by atoms with Crippen LogP contribution < -0.4 is 10.1 Å². The molecule has 1 N–H and O–H groups in total. The van der Waals surface area contributed by atoms with Crippen molar-refractivity contribution in [3.8, 4) is 5.75 Å². The van der Waals surface area contributed by atoms with Crippen LogP contribution in [-0.4, -0.2) is 36.5 Å². The van der Waals surface area contributed by atoms with Crippen LogP contribution in [-0.2, 0) is 11.2 Å². The van der Waals surface area contributed by atoms with E-state index < -0.39 is 6.10 Å². The molecule has 2 atom stereocenters. The smallest absolute Gasteiger partial charge is 0.264 e. The van der Waals surface area contributed by atoms with Crippen LogP contribution in [0, 0.1) is 0 Å². The van der Waals surface area contributed by atoms with E-state index in [9.17, 15) is 4.79 Å². The van der Waals surface area contributed by atoms with E-state index in [2.05, 4.69) is 5.32 Å². The van der Waals surface area contributed by atoms with E-state index in [-0.39, 0.29) is 24.4 Å². The molecule has 0 saturated carbocycles. The Morgan fingerprint density at radius 2 is 1.92 bits per heavy atom. The number of nitrogens with zero attached hydrogens (tertiary/aromatic N) is 1. The minimum Gasteiger partial charge on any atom is -0.480 e. The molecule has 4 rings (SSSR count). The summed E-state index contributed by atoms with van der Waals surface area (Å²) in [6.45, 7) is 2.15. The zero-order valence-electron chi connectivity index (χ0n) is 13.7. The van der Waals surface area contributed by atoms with Gasteiger partial charge in [-0.05, 0) is 23.3 Å². The molecule has 0 bridgehead atoms. The van der Waals surface area contributed by atoms with Crippen LogP contribution in [0.25, 0.3) is 0 Å². The van der Waals surface area contributed by atoms with Crippen LogP contribution in [0.1, 0.15) is 17.2 Å². The molecule has 0 aliphatic carbocycles. The summed E-state index contributed by atoms with van der Waals surface area (Å²) in [7, 11) is 0. The molecule has 132 valence electrons. The predicted molar refractivity (Wildman–Crippen MR) is 101 cm³/mol. The average Bonchev–Trinajstić information content (AvgIpc) is 3.06. The van der Waals surface area contributed by atoms with Gasteiger partial charge in [0, 0.05) is 31.1 Å². The van der Waals surface area contributed by atoms with Crippen molar-refractivity contribution in [2.75, 3.05) is 19.6 Å². The van der Waals surface area contributed by atoms with Crippen LogP contribution in [0.5, 0.6) is 5.75 Å². The average molecular weight is 379 g/mol. The van der Waals surface area contributed by atoms with Gasteiger partial charge in [0.25, 0.3) is 5.91 Å². The lowest BCUT2D eigenvalue weighted by Crippen LogP contribution is -2.52. The second-order valence-corrected chi connectivity index (χ2v) is 6.60. The van der Waals surface area contributed by atoms with Crippen LogP contribution >= 0.6 is 24.0 Å². The van der Waals surface area contributed by atoms with Gasteiger partial charge in [-0.3, -0.25) is 4.79 Å². The molecule has 2 aliphatic rings. The lowest BCUT2D eigenvalue weighted by atomic mass is 10.0. The molecule has 0 radical (unpaired) electrons. The number of para-hydroxylation sites is 1. The molecule has 0 aromatic heterocycles. The zero-order valence-corrected chi connectivity index (χ0v) is 15.2. The number of fused-ring (bicyclic) bond motifs is 1. The van der Waals surface area contributed by atoms with Gasteiger partial charge in [-0.25, -0.2) is 0 Å². The molecule has 0 spiro atoms. The molecule has 2 aliphatic heterocycles. The highest BCUT2D eigenvalue weighted by atomic mass is 35.5. The van der Waals surface area contributed by atoms with Gasteiger partial charge in [0.05, 0.1) is 6.04 Å². The van der Waals surface area contributed by atoms with Crippen molar-refractivity contribution in [1.29, 1.82) is 0 Å². The number of benzene rings is 2. The van der Waals surface area contributed by atoms with Crippen molar-refractivity contribution < 1.29 is 9.53 Å². The Morgan fingerprint density at radius 1 is 1.16 bits per heavy atom. The Hall–Kier alpha value is -1.75. The summed E-state index contributed by atoms with van der Waals surface area (Å²) in [5.41, 5.74) is 2.08. The molecular formula is C19H20Cl2N2O2. The molecule has 4 nitrogen and oxygen atoms in total. The summed E-state index contributed by atoms with van der Waals surface area (Å²) in [4.78, 5) is 15.0. The molecule has 1 fully saturated rings. The maximum Gasteiger partial charge on any atom is 0.264 e. The molecule has 2 aromatic carbocycles. The van der Waals surface area contributed by atoms with Gasteiger partial charge in [0.15, 0.2) is 6.10 Å². The largest absolute Gasteiger partial charge is 0.480 e. The first-order chi connectivity index (χ1) is 11.7. The van der Waals surface area contributed by atoms with Crippen molar-refractivity contribution in [2.24, 2.45) is 0 Å². The summed E-state index contributed by atoms with van der Waals surface area (Å²) < 4.78 is 5.89. The third kappa shape index (κ3) is 3.47. The standard InChI is InChI=1S/C19H19ClN2O2.ClH/c20-15-7-3-2-6-14(15)16-12-21-9-10-22(16)19(23)18-11-13-5-1-4-8-17(13)24-18;/h1-8,16,18,21H,9-12H2;1H. The maximum absolute atomic E-state index is 13.1. The monoisotopic (exact) mass is 378 g/mol. The minimum atomic E-state index is -0.439. The predicted octanol–water partition coefficient (Wildman–Crippen LogP) is 3.24. The first kappa shape index (κ1) is 18.1. The third-order valence-electron chi connectivity index (χ3n) is 4.71. The van der Waals surface area contributed by atoms with Gasteiger partial charge in [0.1, 0.15) is 5.75 Å². The van der Waals surface area contributed by atoms with Crippen molar-refractivity contribution in [2.45, 2.75) is 18.6 Å². The van der Waals surface area contributed by atoms with Crippen LogP contribution in [0.4, 0.5) is 0 Å². The molecular weight excluding hydrogens is 359 g/mol. The molecule has 2 unspecified atom stereocenters. The number of nitrogens with one attached hydrogen (secondary N) is 1. The number of ether oxygens (including phenoxy) is 1. The summed E-state index contributed by atoms with van der Waals surface area (Å²) in [6, 6.07) is 15.5. The van der Waals surface area contributed by atoms with E-state index in [0.29, 0.717) is 24.5 Å². The first-order valence-corrected chi connectivity index (χ1v) is 8.62. The number of hydrogen-bond acceptors (Lipinski definition) is 3. The molecule has 2 aromatic rings. The Kier molecular flexibility index (Phi) is 5.52. The highest BCUT2D eigenvalue weighted by Gasteiger charge is 2.37. The van der Waals surface area contributed by atoms with Gasteiger partial charge in [0.2, 0.25) is 0 Å². The van der Waals surface area contributed by atoms with E-state index in [1.807, 2.05) is 53.4 Å². The van der Waals surface area contributed by atoms with E-state index in [1.165, 1.54) is 0 Å². The Labute approximate surface area is 158 Å². The summed E-state index contributed by atoms with van der Waals surface area (Å²) in [5, 5.41) is 4.05. The third-order valence-corrected chi connectivity index (χ3v) is 5.06. The van der Waals surface area contributed by atoms with Crippen molar-refractivity contribution in [3.63, 3.8) is 0 Å². The second kappa shape index (κ2) is 7.65. The van der Waals surface area contributed by atoms with E-state index in [1.54, 1.807) is 0 Å². The molecule has 1 amide bonds. The van der Waals surface area contributed by atoms with Crippen LogP contribution in [0.3, 0.4) is 0 Å². The summed E-state index contributed by atoms with van der Waals surface area (Å²) >= 11 is 6.36. The molecule has 6 heteroatoms. The SMILES string of the molecule is Cl.O=C(C1Cc2ccccc2O1)N1CCNCC1c1ccccc1Cl. The second-order valence-electron chi connectivity index (χ2n) is 6.19. The molecule has 2 heterocycles. The van der Waals surface area contributed by atoms with Crippen molar-refractivity contribution in [1.82, 2.24) is 10.2 Å². The lowest BCUT2D eigenvalue weighted by molar-refractivity contribution is -0.141. The van der Waals surface area contributed by atoms with Crippen molar-refractivity contribution >= 4 is 29.9 Å².